The summed E-state index contributed by atoms with van der Waals surface area (Å²) >= 11 is 1.73. The number of nitrogens with zero attached hydrogens (tertiary/aromatic N) is 3. The second-order valence-corrected chi connectivity index (χ2v) is 11.5. The van der Waals surface area contributed by atoms with E-state index in [1.54, 1.807) is 11.3 Å². The Hall–Kier alpha value is -3.65. The van der Waals surface area contributed by atoms with E-state index in [9.17, 15) is 9.59 Å². The molecule has 0 radical (unpaired) electrons. The molecular formula is C32H41N5O2S. The minimum absolute atomic E-state index is 0.178. The lowest BCUT2D eigenvalue weighted by atomic mass is 10.1. The molecule has 2 aromatic heterocycles. The SMILES string of the molecule is CCC[C@H](NC(=O)c1ccc2c(c1)nc(Cc1cccs1)n2C(CC)CC)C(=O)NCc1cccc(N(C)C)c1. The highest BCUT2D eigenvalue weighted by atomic mass is 32.1. The van der Waals surface area contributed by atoms with Gasteiger partial charge in [-0.05, 0) is 66.6 Å². The Morgan fingerprint density at radius 2 is 1.82 bits per heavy atom. The Labute approximate surface area is 241 Å². The van der Waals surface area contributed by atoms with Gasteiger partial charge < -0.3 is 20.1 Å². The van der Waals surface area contributed by atoms with Gasteiger partial charge >= 0.3 is 0 Å². The van der Waals surface area contributed by atoms with Gasteiger partial charge in [-0.15, -0.1) is 11.3 Å². The fourth-order valence-electron chi connectivity index (χ4n) is 5.10. The molecule has 0 aliphatic carbocycles. The van der Waals surface area contributed by atoms with Crippen molar-refractivity contribution >= 4 is 39.9 Å². The van der Waals surface area contributed by atoms with Crippen LogP contribution in [-0.2, 0) is 17.8 Å². The molecule has 0 aliphatic rings. The maximum Gasteiger partial charge on any atom is 0.252 e. The number of hydrogen-bond acceptors (Lipinski definition) is 5. The molecule has 0 aliphatic heterocycles. The first-order chi connectivity index (χ1) is 19.3. The number of carbonyl (C=O) groups is 2. The fraction of sp³-hybridized carbons (Fsp3) is 0.406. The van der Waals surface area contributed by atoms with Crippen molar-refractivity contribution in [1.29, 1.82) is 0 Å². The summed E-state index contributed by atoms with van der Waals surface area (Å²) < 4.78 is 2.34. The predicted octanol–water partition coefficient (Wildman–Crippen LogP) is 6.33. The highest BCUT2D eigenvalue weighted by Crippen LogP contribution is 2.28. The molecule has 4 aromatic rings. The van der Waals surface area contributed by atoms with Crippen molar-refractivity contribution in [3.63, 3.8) is 0 Å². The number of thiophene rings is 1. The van der Waals surface area contributed by atoms with E-state index in [-0.39, 0.29) is 11.8 Å². The van der Waals surface area contributed by atoms with Crippen molar-refractivity contribution in [3.8, 4) is 0 Å². The van der Waals surface area contributed by atoms with Crippen LogP contribution in [0.2, 0.25) is 0 Å². The Bertz CT molecular complexity index is 1420. The number of carbonyl (C=O) groups excluding carboxylic acids is 2. The molecule has 1 atom stereocenters. The lowest BCUT2D eigenvalue weighted by Crippen LogP contribution is -2.46. The number of anilines is 1. The summed E-state index contributed by atoms with van der Waals surface area (Å²) in [5, 5.41) is 8.07. The molecule has 40 heavy (non-hydrogen) atoms. The molecular weight excluding hydrogens is 518 g/mol. The zero-order valence-electron chi connectivity index (χ0n) is 24.2. The van der Waals surface area contributed by atoms with Gasteiger partial charge in [-0.3, -0.25) is 9.59 Å². The number of nitrogens with one attached hydrogen (secondary N) is 2. The molecule has 0 bridgehead atoms. The van der Waals surface area contributed by atoms with Crippen LogP contribution in [-0.4, -0.2) is 41.5 Å². The number of rotatable bonds is 13. The van der Waals surface area contributed by atoms with Gasteiger partial charge in [0.2, 0.25) is 5.91 Å². The lowest BCUT2D eigenvalue weighted by Gasteiger charge is -2.19. The van der Waals surface area contributed by atoms with Gasteiger partial charge in [-0.1, -0.05) is 45.4 Å². The van der Waals surface area contributed by atoms with Crippen molar-refractivity contribution < 1.29 is 9.59 Å². The van der Waals surface area contributed by atoms with Gasteiger partial charge in [0, 0.05) is 49.2 Å². The van der Waals surface area contributed by atoms with Gasteiger partial charge in [0.25, 0.3) is 5.91 Å². The molecule has 0 fully saturated rings. The largest absolute Gasteiger partial charge is 0.378 e. The lowest BCUT2D eigenvalue weighted by molar-refractivity contribution is -0.123. The van der Waals surface area contributed by atoms with E-state index in [4.69, 9.17) is 4.98 Å². The summed E-state index contributed by atoms with van der Waals surface area (Å²) in [5.74, 6) is 0.579. The number of fused-ring (bicyclic) bond motifs is 1. The molecule has 8 heteroatoms. The van der Waals surface area contributed by atoms with Crippen molar-refractivity contribution in [2.24, 2.45) is 0 Å². The zero-order valence-corrected chi connectivity index (χ0v) is 25.1. The van der Waals surface area contributed by atoms with Gasteiger partial charge in [0.05, 0.1) is 11.0 Å². The molecule has 0 saturated heterocycles. The number of hydrogen-bond donors (Lipinski definition) is 2. The van der Waals surface area contributed by atoms with Crippen LogP contribution >= 0.6 is 11.3 Å². The first-order valence-electron chi connectivity index (χ1n) is 14.2. The molecule has 7 nitrogen and oxygen atoms in total. The smallest absolute Gasteiger partial charge is 0.252 e. The third kappa shape index (κ3) is 6.91. The zero-order chi connectivity index (χ0) is 28.6. The average Bonchev–Trinajstić information content (AvgIpc) is 3.60. The van der Waals surface area contributed by atoms with E-state index in [1.807, 2.05) is 62.3 Å². The van der Waals surface area contributed by atoms with E-state index in [0.29, 0.717) is 24.6 Å². The van der Waals surface area contributed by atoms with Crippen molar-refractivity contribution in [2.45, 2.75) is 71.5 Å². The van der Waals surface area contributed by atoms with Crippen LogP contribution < -0.4 is 15.5 Å². The Morgan fingerprint density at radius 3 is 2.50 bits per heavy atom. The summed E-state index contributed by atoms with van der Waals surface area (Å²) in [5.41, 5.74) is 4.45. The van der Waals surface area contributed by atoms with Crippen LogP contribution in [0.4, 0.5) is 5.69 Å². The first-order valence-corrected chi connectivity index (χ1v) is 15.1. The standard InChI is InChI=1S/C32H41N5O2S/c1-6-11-27(32(39)33-21-22-12-9-13-25(18-22)36(4)5)35-31(38)23-15-16-29-28(19-23)34-30(20-26-14-10-17-40-26)37(29)24(7-2)8-3/h9-10,12-19,24,27H,6-8,11,20-21H2,1-5H3,(H,33,39)(H,35,38)/t27-/m0/s1. The highest BCUT2D eigenvalue weighted by Gasteiger charge is 2.22. The third-order valence-electron chi connectivity index (χ3n) is 7.34. The minimum Gasteiger partial charge on any atom is -0.378 e. The van der Waals surface area contributed by atoms with Crippen LogP contribution in [0.5, 0.6) is 0 Å². The van der Waals surface area contributed by atoms with Crippen LogP contribution in [0.3, 0.4) is 0 Å². The number of imidazole rings is 1. The second kappa shape index (κ2) is 13.6. The van der Waals surface area contributed by atoms with E-state index in [1.165, 1.54) is 4.88 Å². The number of amides is 2. The summed E-state index contributed by atoms with van der Waals surface area (Å²) in [6, 6.07) is 17.7. The van der Waals surface area contributed by atoms with Crippen molar-refractivity contribution in [1.82, 2.24) is 20.2 Å². The molecule has 2 amide bonds. The number of benzene rings is 2. The average molecular weight is 560 g/mol. The summed E-state index contributed by atoms with van der Waals surface area (Å²) in [6.45, 7) is 6.82. The van der Waals surface area contributed by atoms with Crippen LogP contribution in [0.1, 0.15) is 79.1 Å². The van der Waals surface area contributed by atoms with E-state index >= 15 is 0 Å². The van der Waals surface area contributed by atoms with Gasteiger partial charge in [0.1, 0.15) is 11.9 Å². The van der Waals surface area contributed by atoms with E-state index in [2.05, 4.69) is 52.6 Å². The molecule has 4 rings (SSSR count). The van der Waals surface area contributed by atoms with E-state index < -0.39 is 6.04 Å². The molecule has 0 spiro atoms. The highest BCUT2D eigenvalue weighted by molar-refractivity contribution is 7.09. The van der Waals surface area contributed by atoms with E-state index in [0.717, 1.165) is 53.8 Å². The minimum atomic E-state index is -0.610. The number of aromatic nitrogens is 2. The molecule has 2 aromatic carbocycles. The molecule has 2 heterocycles. The maximum absolute atomic E-state index is 13.3. The van der Waals surface area contributed by atoms with Crippen molar-refractivity contribution in [2.75, 3.05) is 19.0 Å². The fourth-order valence-corrected chi connectivity index (χ4v) is 5.80. The normalized spacial score (nSPS) is 12.1. The summed E-state index contributed by atoms with van der Waals surface area (Å²) in [6.07, 6.45) is 4.12. The summed E-state index contributed by atoms with van der Waals surface area (Å²) in [4.78, 5) is 34.7. The Kier molecular flexibility index (Phi) is 9.98. The second-order valence-electron chi connectivity index (χ2n) is 10.4. The molecule has 0 unspecified atom stereocenters. The third-order valence-corrected chi connectivity index (χ3v) is 8.21. The van der Waals surface area contributed by atoms with Gasteiger partial charge in [-0.25, -0.2) is 4.98 Å². The monoisotopic (exact) mass is 559 g/mol. The maximum atomic E-state index is 13.3. The molecule has 0 saturated carbocycles. The quantitative estimate of drug-likeness (QED) is 0.201. The molecule has 212 valence electrons. The summed E-state index contributed by atoms with van der Waals surface area (Å²) in [7, 11) is 3.98. The molecule has 2 N–H and O–H groups in total. The van der Waals surface area contributed by atoms with Gasteiger partial charge in [0.15, 0.2) is 0 Å². The first kappa shape index (κ1) is 29.3. The Balaban J connectivity index is 1.51. The Morgan fingerprint density at radius 1 is 1.02 bits per heavy atom. The van der Waals surface area contributed by atoms with Crippen molar-refractivity contribution in [3.05, 3.63) is 81.8 Å². The van der Waals surface area contributed by atoms with Crippen LogP contribution in [0.25, 0.3) is 11.0 Å². The predicted molar refractivity (Wildman–Crippen MR) is 165 cm³/mol. The topological polar surface area (TPSA) is 79.3 Å². The van der Waals surface area contributed by atoms with Gasteiger partial charge in [-0.2, -0.15) is 0 Å². The van der Waals surface area contributed by atoms with Crippen LogP contribution in [0, 0.1) is 0 Å². The van der Waals surface area contributed by atoms with Crippen LogP contribution in [0.15, 0.2) is 60.0 Å².